The van der Waals surface area contributed by atoms with Crippen molar-refractivity contribution in [3.05, 3.63) is 24.4 Å². The molecule has 0 radical (unpaired) electrons. The summed E-state index contributed by atoms with van der Waals surface area (Å²) in [7, 11) is 0. The fourth-order valence-electron chi connectivity index (χ4n) is 3.56. The van der Waals surface area contributed by atoms with Crippen molar-refractivity contribution in [1.82, 2.24) is 15.1 Å². The minimum Gasteiger partial charge on any atom is -0.376 e. The molecule has 2 aromatic rings. The zero-order valence-electron chi connectivity index (χ0n) is 15.2. The van der Waals surface area contributed by atoms with Crippen LogP contribution in [-0.2, 0) is 19.1 Å². The minimum absolute atomic E-state index is 0.00583. The molecule has 2 saturated heterocycles. The number of anilines is 1. The molecule has 27 heavy (non-hydrogen) atoms. The van der Waals surface area contributed by atoms with Crippen LogP contribution in [-0.4, -0.2) is 72.5 Å². The fourth-order valence-corrected chi connectivity index (χ4v) is 3.56. The van der Waals surface area contributed by atoms with Gasteiger partial charge in [0.15, 0.2) is 0 Å². The van der Waals surface area contributed by atoms with Gasteiger partial charge in [-0.15, -0.1) is 0 Å². The molecule has 0 spiro atoms. The lowest BCUT2D eigenvalue weighted by Crippen LogP contribution is -2.53. The lowest BCUT2D eigenvalue weighted by molar-refractivity contribution is -0.142. The molecule has 144 valence electrons. The monoisotopic (exact) mass is 372 g/mol. The summed E-state index contributed by atoms with van der Waals surface area (Å²) in [5, 5.41) is 7.85. The van der Waals surface area contributed by atoms with Gasteiger partial charge in [-0.3, -0.25) is 14.7 Å². The molecule has 2 fully saturated rings. The Morgan fingerprint density at radius 3 is 3.07 bits per heavy atom. The largest absolute Gasteiger partial charge is 0.376 e. The Kier molecular flexibility index (Phi) is 5.35. The van der Waals surface area contributed by atoms with E-state index in [1.165, 1.54) is 0 Å². The first kappa shape index (κ1) is 17.9. The van der Waals surface area contributed by atoms with E-state index in [0.717, 1.165) is 42.5 Å². The van der Waals surface area contributed by atoms with Gasteiger partial charge in [0.1, 0.15) is 13.2 Å². The number of hydrogen-bond donors (Lipinski definition) is 1. The van der Waals surface area contributed by atoms with Gasteiger partial charge in [0.25, 0.3) is 0 Å². The van der Waals surface area contributed by atoms with Crippen LogP contribution in [0.1, 0.15) is 19.3 Å². The van der Waals surface area contributed by atoms with E-state index in [2.05, 4.69) is 10.2 Å². The molecule has 8 nitrogen and oxygen atoms in total. The number of piperazine rings is 1. The number of fused-ring (bicyclic) bond motifs is 1. The number of aromatic nitrogens is 2. The number of ether oxygens (including phenoxy) is 2. The molecule has 1 N–H and O–H groups in total. The highest BCUT2D eigenvalue weighted by Crippen LogP contribution is 2.22. The maximum atomic E-state index is 12.6. The molecule has 1 aromatic heterocycles. The van der Waals surface area contributed by atoms with Crippen molar-refractivity contribution in [2.24, 2.45) is 0 Å². The Balaban J connectivity index is 1.28. The first-order valence-electron chi connectivity index (χ1n) is 9.41. The van der Waals surface area contributed by atoms with E-state index in [4.69, 9.17) is 9.47 Å². The van der Waals surface area contributed by atoms with Crippen molar-refractivity contribution in [1.29, 1.82) is 0 Å². The van der Waals surface area contributed by atoms with Gasteiger partial charge in [0, 0.05) is 30.8 Å². The number of rotatable bonds is 5. The van der Waals surface area contributed by atoms with E-state index in [-0.39, 0.29) is 31.1 Å². The molecule has 8 heteroatoms. The Morgan fingerprint density at radius 2 is 2.26 bits per heavy atom. The summed E-state index contributed by atoms with van der Waals surface area (Å²) in [6.07, 6.45) is 5.03. The number of nitrogens with one attached hydrogen (secondary N) is 1. The van der Waals surface area contributed by atoms with Crippen LogP contribution in [0.4, 0.5) is 5.69 Å². The van der Waals surface area contributed by atoms with E-state index >= 15 is 0 Å². The second-order valence-electron chi connectivity index (χ2n) is 7.01. The number of amides is 2. The number of nitrogens with zero attached hydrogens (tertiary/aromatic N) is 3. The van der Waals surface area contributed by atoms with Crippen LogP contribution < -0.4 is 4.90 Å². The maximum absolute atomic E-state index is 12.6. The second kappa shape index (κ2) is 8.06. The Morgan fingerprint density at radius 1 is 1.33 bits per heavy atom. The fraction of sp³-hybridized carbons (Fsp3) is 0.526. The smallest absolute Gasteiger partial charge is 0.249 e. The van der Waals surface area contributed by atoms with E-state index in [0.29, 0.717) is 19.7 Å². The molecule has 1 aromatic carbocycles. The normalized spacial score (nSPS) is 21.0. The van der Waals surface area contributed by atoms with Gasteiger partial charge < -0.3 is 19.3 Å². The summed E-state index contributed by atoms with van der Waals surface area (Å²) >= 11 is 0. The molecule has 4 rings (SSSR count). The molecule has 2 aliphatic heterocycles. The zero-order valence-corrected chi connectivity index (χ0v) is 15.2. The predicted molar refractivity (Wildman–Crippen MR) is 99.4 cm³/mol. The molecule has 0 bridgehead atoms. The van der Waals surface area contributed by atoms with Crippen molar-refractivity contribution >= 4 is 28.4 Å². The van der Waals surface area contributed by atoms with Gasteiger partial charge in [-0.2, -0.15) is 5.10 Å². The van der Waals surface area contributed by atoms with E-state index in [1.807, 2.05) is 18.2 Å². The van der Waals surface area contributed by atoms with E-state index in [9.17, 15) is 9.59 Å². The molecule has 0 aliphatic carbocycles. The van der Waals surface area contributed by atoms with Crippen LogP contribution in [0.25, 0.3) is 10.9 Å². The number of H-pyrrole nitrogens is 1. The molecule has 1 atom stereocenters. The van der Waals surface area contributed by atoms with Crippen LogP contribution in [0.3, 0.4) is 0 Å². The Bertz CT molecular complexity index is 815. The SMILES string of the molecule is O=C(COC[C@@H]1CCCCO1)N1CCN(c2ccc3[nH]ncc3c2)C(=O)C1. The van der Waals surface area contributed by atoms with Crippen molar-refractivity contribution in [3.63, 3.8) is 0 Å². The summed E-state index contributed by atoms with van der Waals surface area (Å²) < 4.78 is 11.1. The average molecular weight is 372 g/mol. The second-order valence-corrected chi connectivity index (χ2v) is 7.01. The van der Waals surface area contributed by atoms with Crippen LogP contribution in [0.2, 0.25) is 0 Å². The van der Waals surface area contributed by atoms with Gasteiger partial charge in [-0.1, -0.05) is 0 Å². The van der Waals surface area contributed by atoms with Crippen molar-refractivity contribution in [2.75, 3.05) is 44.4 Å². The van der Waals surface area contributed by atoms with Crippen LogP contribution in [0.5, 0.6) is 0 Å². The third-order valence-corrected chi connectivity index (χ3v) is 5.11. The molecular weight excluding hydrogens is 348 g/mol. The standard InChI is InChI=1S/C19H24N4O4/c24-18-11-22(19(25)13-26-12-16-3-1-2-8-27-16)6-7-23(18)15-4-5-17-14(9-15)10-20-21-17/h4-5,9-10,16H,1-3,6-8,11-13H2,(H,20,21)/t16-/m0/s1. The molecule has 2 amide bonds. The quantitative estimate of drug-likeness (QED) is 0.855. The van der Waals surface area contributed by atoms with Crippen molar-refractivity contribution in [2.45, 2.75) is 25.4 Å². The summed E-state index contributed by atoms with van der Waals surface area (Å²) in [6, 6.07) is 5.73. The molecule has 0 unspecified atom stereocenters. The predicted octanol–water partition coefficient (Wildman–Crippen LogP) is 1.32. The molecule has 3 heterocycles. The molecule has 2 aliphatic rings. The topological polar surface area (TPSA) is 87.8 Å². The van der Waals surface area contributed by atoms with Crippen LogP contribution in [0, 0.1) is 0 Å². The van der Waals surface area contributed by atoms with Gasteiger partial charge >= 0.3 is 0 Å². The number of carbonyl (C=O) groups is 2. The summed E-state index contributed by atoms with van der Waals surface area (Å²) in [5.41, 5.74) is 1.76. The van der Waals surface area contributed by atoms with E-state index in [1.54, 1.807) is 16.0 Å². The Hall–Kier alpha value is -2.45. The van der Waals surface area contributed by atoms with E-state index < -0.39 is 0 Å². The number of benzene rings is 1. The van der Waals surface area contributed by atoms with Crippen LogP contribution in [0.15, 0.2) is 24.4 Å². The van der Waals surface area contributed by atoms with Crippen LogP contribution >= 0.6 is 0 Å². The number of carbonyl (C=O) groups excluding carboxylic acids is 2. The van der Waals surface area contributed by atoms with Crippen molar-refractivity contribution in [3.8, 4) is 0 Å². The number of aromatic amines is 1. The maximum Gasteiger partial charge on any atom is 0.249 e. The summed E-state index contributed by atoms with van der Waals surface area (Å²) in [5.74, 6) is -0.239. The average Bonchev–Trinajstić information content (AvgIpc) is 3.16. The third kappa shape index (κ3) is 4.12. The summed E-state index contributed by atoms with van der Waals surface area (Å²) in [4.78, 5) is 28.2. The first-order chi connectivity index (χ1) is 13.2. The Labute approximate surface area is 157 Å². The van der Waals surface area contributed by atoms with Crippen molar-refractivity contribution < 1.29 is 19.1 Å². The number of hydrogen-bond acceptors (Lipinski definition) is 5. The highest BCUT2D eigenvalue weighted by Gasteiger charge is 2.28. The zero-order chi connectivity index (χ0) is 18.6. The lowest BCUT2D eigenvalue weighted by atomic mass is 10.1. The van der Waals surface area contributed by atoms with Gasteiger partial charge in [0.05, 0.1) is 24.4 Å². The van der Waals surface area contributed by atoms with Gasteiger partial charge in [-0.25, -0.2) is 0 Å². The minimum atomic E-state index is -0.149. The summed E-state index contributed by atoms with van der Waals surface area (Å²) in [6.45, 7) is 2.24. The lowest BCUT2D eigenvalue weighted by Gasteiger charge is -2.34. The van der Waals surface area contributed by atoms with Gasteiger partial charge in [0.2, 0.25) is 11.8 Å². The molecule has 0 saturated carbocycles. The van der Waals surface area contributed by atoms with Gasteiger partial charge in [-0.05, 0) is 37.5 Å². The first-order valence-corrected chi connectivity index (χ1v) is 9.41. The highest BCUT2D eigenvalue weighted by molar-refractivity contribution is 5.99. The highest BCUT2D eigenvalue weighted by atomic mass is 16.5. The molecular formula is C19H24N4O4. The third-order valence-electron chi connectivity index (χ3n) is 5.11.